The zero-order valence-corrected chi connectivity index (χ0v) is 11.7. The minimum absolute atomic E-state index is 0.549. The fraction of sp³-hybridized carbons (Fsp3) is 0.667. The van der Waals surface area contributed by atoms with Crippen molar-refractivity contribution < 1.29 is 4.74 Å². The highest BCUT2D eigenvalue weighted by molar-refractivity contribution is 5.11. The molecule has 0 amide bonds. The minimum atomic E-state index is 0.549. The van der Waals surface area contributed by atoms with Crippen LogP contribution in [0.2, 0.25) is 0 Å². The highest BCUT2D eigenvalue weighted by Crippen LogP contribution is 2.07. The first-order chi connectivity index (χ1) is 8.86. The van der Waals surface area contributed by atoms with Gasteiger partial charge in [-0.3, -0.25) is 4.98 Å². The number of hydrogen-bond acceptors (Lipinski definition) is 3. The summed E-state index contributed by atoms with van der Waals surface area (Å²) in [7, 11) is 0. The highest BCUT2D eigenvalue weighted by atomic mass is 16.5. The Morgan fingerprint density at radius 1 is 1.28 bits per heavy atom. The third-order valence-electron chi connectivity index (χ3n) is 2.96. The van der Waals surface area contributed by atoms with Crippen molar-refractivity contribution in [2.45, 2.75) is 45.6 Å². The maximum Gasteiger partial charge on any atom is 0.0466 e. The largest absolute Gasteiger partial charge is 0.382 e. The van der Waals surface area contributed by atoms with Gasteiger partial charge in [-0.15, -0.1) is 0 Å². The summed E-state index contributed by atoms with van der Waals surface area (Å²) >= 11 is 0. The number of hydrogen-bond donors (Lipinski definition) is 1. The Labute approximate surface area is 111 Å². The predicted molar refractivity (Wildman–Crippen MR) is 75.7 cm³/mol. The van der Waals surface area contributed by atoms with Crippen LogP contribution in [0.1, 0.15) is 38.7 Å². The molecule has 3 nitrogen and oxygen atoms in total. The van der Waals surface area contributed by atoms with Crippen molar-refractivity contribution in [2.24, 2.45) is 0 Å². The maximum atomic E-state index is 5.40. The van der Waals surface area contributed by atoms with Crippen molar-refractivity contribution in [3.8, 4) is 0 Å². The molecule has 18 heavy (non-hydrogen) atoms. The number of nitrogens with zero attached hydrogens (tertiary/aromatic N) is 1. The van der Waals surface area contributed by atoms with Crippen LogP contribution in [0.5, 0.6) is 0 Å². The standard InChI is InChI=1S/C15H26N2O/c1-3-9-17-15(6-5-12-18-4-2)13-14-7-10-16-11-8-14/h7-8,10-11,15,17H,3-6,9,12-13H2,1-2H3. The lowest BCUT2D eigenvalue weighted by molar-refractivity contribution is 0.140. The third-order valence-corrected chi connectivity index (χ3v) is 2.96. The van der Waals surface area contributed by atoms with Crippen molar-refractivity contribution in [1.82, 2.24) is 10.3 Å². The molecule has 0 fully saturated rings. The Hall–Kier alpha value is -0.930. The van der Waals surface area contributed by atoms with E-state index in [9.17, 15) is 0 Å². The molecule has 1 heterocycles. The van der Waals surface area contributed by atoms with E-state index in [1.807, 2.05) is 19.3 Å². The monoisotopic (exact) mass is 250 g/mol. The molecule has 0 aromatic carbocycles. The number of nitrogens with one attached hydrogen (secondary N) is 1. The van der Waals surface area contributed by atoms with Gasteiger partial charge in [0.15, 0.2) is 0 Å². The summed E-state index contributed by atoms with van der Waals surface area (Å²) in [6, 6.07) is 4.75. The fourth-order valence-corrected chi connectivity index (χ4v) is 2.00. The number of aromatic nitrogens is 1. The van der Waals surface area contributed by atoms with Crippen LogP contribution in [0, 0.1) is 0 Å². The van der Waals surface area contributed by atoms with Crippen LogP contribution in [0.4, 0.5) is 0 Å². The van der Waals surface area contributed by atoms with Crippen molar-refractivity contribution in [3.05, 3.63) is 30.1 Å². The second-order valence-electron chi connectivity index (χ2n) is 4.55. The first-order valence-electron chi connectivity index (χ1n) is 7.06. The molecule has 1 atom stereocenters. The molecule has 0 aliphatic carbocycles. The van der Waals surface area contributed by atoms with E-state index in [1.54, 1.807) is 0 Å². The number of ether oxygens (including phenoxy) is 1. The van der Waals surface area contributed by atoms with E-state index in [2.05, 4.69) is 29.4 Å². The van der Waals surface area contributed by atoms with E-state index in [4.69, 9.17) is 4.74 Å². The van der Waals surface area contributed by atoms with Gasteiger partial charge in [-0.25, -0.2) is 0 Å². The Balaban J connectivity index is 2.35. The molecule has 102 valence electrons. The highest BCUT2D eigenvalue weighted by Gasteiger charge is 2.08. The second kappa shape index (κ2) is 10.0. The lowest BCUT2D eigenvalue weighted by Gasteiger charge is -2.18. The Kier molecular flexibility index (Phi) is 8.43. The predicted octanol–water partition coefficient (Wildman–Crippen LogP) is 2.81. The first kappa shape index (κ1) is 15.1. The first-order valence-corrected chi connectivity index (χ1v) is 7.06. The van der Waals surface area contributed by atoms with Gasteiger partial charge in [-0.2, -0.15) is 0 Å². The SMILES string of the molecule is CCCNC(CCCOCC)Cc1ccncc1. The van der Waals surface area contributed by atoms with Crippen LogP contribution in [-0.2, 0) is 11.2 Å². The van der Waals surface area contributed by atoms with Gasteiger partial charge < -0.3 is 10.1 Å². The third kappa shape index (κ3) is 6.72. The van der Waals surface area contributed by atoms with Crippen molar-refractivity contribution in [1.29, 1.82) is 0 Å². The van der Waals surface area contributed by atoms with Crippen LogP contribution < -0.4 is 5.32 Å². The quantitative estimate of drug-likeness (QED) is 0.648. The minimum Gasteiger partial charge on any atom is -0.382 e. The summed E-state index contributed by atoms with van der Waals surface area (Å²) in [5.41, 5.74) is 1.36. The van der Waals surface area contributed by atoms with E-state index in [0.717, 1.165) is 32.6 Å². The molecule has 1 rings (SSSR count). The second-order valence-corrected chi connectivity index (χ2v) is 4.55. The smallest absolute Gasteiger partial charge is 0.0466 e. The van der Waals surface area contributed by atoms with E-state index in [-0.39, 0.29) is 0 Å². The van der Waals surface area contributed by atoms with Crippen LogP contribution in [0.15, 0.2) is 24.5 Å². The maximum absolute atomic E-state index is 5.40. The summed E-state index contributed by atoms with van der Waals surface area (Å²) in [4.78, 5) is 4.06. The lowest BCUT2D eigenvalue weighted by atomic mass is 10.0. The van der Waals surface area contributed by atoms with Crippen molar-refractivity contribution >= 4 is 0 Å². The number of pyridine rings is 1. The molecule has 1 aromatic rings. The van der Waals surface area contributed by atoms with Crippen molar-refractivity contribution in [3.63, 3.8) is 0 Å². The molecule has 0 spiro atoms. The van der Waals surface area contributed by atoms with Gasteiger partial charge in [-0.05, 0) is 56.8 Å². The fourth-order valence-electron chi connectivity index (χ4n) is 2.00. The van der Waals surface area contributed by atoms with Gasteiger partial charge in [0.05, 0.1) is 0 Å². The average molecular weight is 250 g/mol. The van der Waals surface area contributed by atoms with Gasteiger partial charge in [0.1, 0.15) is 0 Å². The Morgan fingerprint density at radius 2 is 2.06 bits per heavy atom. The molecule has 3 heteroatoms. The number of rotatable bonds is 10. The van der Waals surface area contributed by atoms with E-state index < -0.39 is 0 Å². The van der Waals surface area contributed by atoms with Gasteiger partial charge in [-0.1, -0.05) is 6.92 Å². The molecule has 1 unspecified atom stereocenters. The summed E-state index contributed by atoms with van der Waals surface area (Å²) in [6.07, 6.45) is 8.29. The van der Waals surface area contributed by atoms with E-state index in [1.165, 1.54) is 18.4 Å². The molecule has 0 bridgehead atoms. The summed E-state index contributed by atoms with van der Waals surface area (Å²) in [5.74, 6) is 0. The van der Waals surface area contributed by atoms with E-state index in [0.29, 0.717) is 6.04 Å². The molecular formula is C15H26N2O. The molecule has 0 radical (unpaired) electrons. The summed E-state index contributed by atoms with van der Waals surface area (Å²) in [6.45, 7) is 7.03. The zero-order chi connectivity index (χ0) is 13.1. The Bertz CT molecular complexity index is 290. The normalized spacial score (nSPS) is 12.6. The van der Waals surface area contributed by atoms with Gasteiger partial charge in [0.25, 0.3) is 0 Å². The van der Waals surface area contributed by atoms with Crippen LogP contribution in [0.3, 0.4) is 0 Å². The van der Waals surface area contributed by atoms with Crippen molar-refractivity contribution in [2.75, 3.05) is 19.8 Å². The van der Waals surface area contributed by atoms with Gasteiger partial charge in [0, 0.05) is 31.6 Å². The van der Waals surface area contributed by atoms with Crippen LogP contribution >= 0.6 is 0 Å². The summed E-state index contributed by atoms with van der Waals surface area (Å²) in [5, 5.41) is 3.62. The molecular weight excluding hydrogens is 224 g/mol. The average Bonchev–Trinajstić information content (AvgIpc) is 2.41. The zero-order valence-electron chi connectivity index (χ0n) is 11.7. The molecule has 1 N–H and O–H groups in total. The van der Waals surface area contributed by atoms with E-state index >= 15 is 0 Å². The van der Waals surface area contributed by atoms with Gasteiger partial charge >= 0.3 is 0 Å². The van der Waals surface area contributed by atoms with Crippen LogP contribution in [-0.4, -0.2) is 30.8 Å². The van der Waals surface area contributed by atoms with Crippen LogP contribution in [0.25, 0.3) is 0 Å². The summed E-state index contributed by atoms with van der Waals surface area (Å²) < 4.78 is 5.40. The molecule has 1 aromatic heterocycles. The molecule has 0 saturated heterocycles. The lowest BCUT2D eigenvalue weighted by Crippen LogP contribution is -2.32. The topological polar surface area (TPSA) is 34.1 Å². The molecule has 0 aliphatic rings. The Morgan fingerprint density at radius 3 is 2.72 bits per heavy atom. The van der Waals surface area contributed by atoms with Gasteiger partial charge in [0.2, 0.25) is 0 Å². The molecule has 0 aliphatic heterocycles. The molecule has 0 saturated carbocycles.